The van der Waals surface area contributed by atoms with Crippen LogP contribution in [0.4, 0.5) is 0 Å². The van der Waals surface area contributed by atoms with E-state index in [2.05, 4.69) is 0 Å². The van der Waals surface area contributed by atoms with Crippen molar-refractivity contribution in [2.75, 3.05) is 18.1 Å². The van der Waals surface area contributed by atoms with E-state index in [-0.39, 0.29) is 0 Å². The maximum atomic E-state index is 11.0. The standard InChI is InChI=1S/C10H18O2S/c1-3-12-10(2,8-11)9-5-4-6-13-7-9/h8-9H,3-7H2,1-2H3. The van der Waals surface area contributed by atoms with Crippen LogP contribution in [0.3, 0.4) is 0 Å². The molecular formula is C10H18O2S. The zero-order valence-electron chi connectivity index (χ0n) is 8.41. The molecule has 3 heteroatoms. The van der Waals surface area contributed by atoms with Crippen LogP contribution in [0.2, 0.25) is 0 Å². The molecule has 0 saturated carbocycles. The van der Waals surface area contributed by atoms with Gasteiger partial charge in [0.25, 0.3) is 0 Å². The second kappa shape index (κ2) is 5.01. The summed E-state index contributed by atoms with van der Waals surface area (Å²) in [4.78, 5) is 11.0. The Morgan fingerprint density at radius 1 is 1.69 bits per heavy atom. The van der Waals surface area contributed by atoms with Crippen molar-refractivity contribution >= 4 is 18.0 Å². The van der Waals surface area contributed by atoms with E-state index in [1.807, 2.05) is 25.6 Å². The van der Waals surface area contributed by atoms with Crippen LogP contribution in [0, 0.1) is 5.92 Å². The van der Waals surface area contributed by atoms with Crippen molar-refractivity contribution in [2.45, 2.75) is 32.3 Å². The smallest absolute Gasteiger partial charge is 0.151 e. The van der Waals surface area contributed by atoms with Gasteiger partial charge < -0.3 is 9.53 Å². The third kappa shape index (κ3) is 2.71. The monoisotopic (exact) mass is 202 g/mol. The molecule has 0 bridgehead atoms. The molecule has 2 atom stereocenters. The normalized spacial score (nSPS) is 28.0. The molecular weight excluding hydrogens is 184 g/mol. The van der Waals surface area contributed by atoms with E-state index in [1.54, 1.807) is 0 Å². The van der Waals surface area contributed by atoms with Gasteiger partial charge in [-0.3, -0.25) is 0 Å². The highest BCUT2D eigenvalue weighted by Crippen LogP contribution is 2.32. The zero-order chi connectivity index (χ0) is 9.73. The molecule has 1 aliphatic rings. The van der Waals surface area contributed by atoms with Gasteiger partial charge in [-0.05, 0) is 38.2 Å². The summed E-state index contributed by atoms with van der Waals surface area (Å²) in [6.07, 6.45) is 3.32. The van der Waals surface area contributed by atoms with E-state index in [0.717, 1.165) is 18.5 Å². The molecule has 0 aromatic heterocycles. The summed E-state index contributed by atoms with van der Waals surface area (Å²) >= 11 is 1.93. The van der Waals surface area contributed by atoms with Gasteiger partial charge >= 0.3 is 0 Å². The fourth-order valence-electron chi connectivity index (χ4n) is 1.75. The molecule has 2 unspecified atom stereocenters. The van der Waals surface area contributed by atoms with Crippen LogP contribution in [-0.2, 0) is 9.53 Å². The van der Waals surface area contributed by atoms with Crippen LogP contribution in [0.15, 0.2) is 0 Å². The lowest BCUT2D eigenvalue weighted by Crippen LogP contribution is -2.42. The molecule has 0 aliphatic carbocycles. The molecule has 1 aliphatic heterocycles. The molecule has 76 valence electrons. The molecule has 1 heterocycles. The summed E-state index contributed by atoms with van der Waals surface area (Å²) in [6.45, 7) is 4.48. The number of aldehydes is 1. The molecule has 0 amide bonds. The first-order valence-electron chi connectivity index (χ1n) is 4.91. The molecule has 0 aromatic rings. The van der Waals surface area contributed by atoms with Gasteiger partial charge in [-0.25, -0.2) is 0 Å². The van der Waals surface area contributed by atoms with E-state index in [4.69, 9.17) is 4.74 Å². The van der Waals surface area contributed by atoms with Gasteiger partial charge in [0.05, 0.1) is 0 Å². The number of carbonyl (C=O) groups is 1. The molecule has 0 aromatic carbocycles. The Morgan fingerprint density at radius 3 is 2.92 bits per heavy atom. The van der Waals surface area contributed by atoms with Gasteiger partial charge in [0.2, 0.25) is 0 Å². The molecule has 1 saturated heterocycles. The number of ether oxygens (including phenoxy) is 1. The van der Waals surface area contributed by atoms with E-state index >= 15 is 0 Å². The summed E-state index contributed by atoms with van der Waals surface area (Å²) < 4.78 is 5.54. The van der Waals surface area contributed by atoms with E-state index in [9.17, 15) is 4.79 Å². The van der Waals surface area contributed by atoms with E-state index < -0.39 is 5.60 Å². The van der Waals surface area contributed by atoms with Crippen LogP contribution in [0.5, 0.6) is 0 Å². The Bertz CT molecular complexity index is 166. The van der Waals surface area contributed by atoms with E-state index in [0.29, 0.717) is 12.5 Å². The molecule has 2 nitrogen and oxygen atoms in total. The highest BCUT2D eigenvalue weighted by atomic mass is 32.2. The highest BCUT2D eigenvalue weighted by molar-refractivity contribution is 7.99. The fraction of sp³-hybridized carbons (Fsp3) is 0.900. The van der Waals surface area contributed by atoms with Gasteiger partial charge in [-0.1, -0.05) is 0 Å². The minimum absolute atomic E-state index is 0.406. The quantitative estimate of drug-likeness (QED) is 0.653. The Hall–Kier alpha value is -0.0200. The highest BCUT2D eigenvalue weighted by Gasteiger charge is 2.35. The SMILES string of the molecule is CCOC(C)(C=O)C1CCCSC1. The molecule has 1 fully saturated rings. The largest absolute Gasteiger partial charge is 0.368 e. The van der Waals surface area contributed by atoms with Gasteiger partial charge in [0, 0.05) is 12.5 Å². The van der Waals surface area contributed by atoms with Gasteiger partial charge in [-0.15, -0.1) is 0 Å². The van der Waals surface area contributed by atoms with Gasteiger partial charge in [0.1, 0.15) is 5.60 Å². The first-order valence-corrected chi connectivity index (χ1v) is 6.06. The topological polar surface area (TPSA) is 26.3 Å². The lowest BCUT2D eigenvalue weighted by Gasteiger charge is -2.34. The predicted octanol–water partition coefficient (Wildman–Crippen LogP) is 2.12. The molecule has 0 spiro atoms. The van der Waals surface area contributed by atoms with Crippen molar-refractivity contribution in [1.82, 2.24) is 0 Å². The number of hydrogen-bond donors (Lipinski definition) is 0. The molecule has 0 N–H and O–H groups in total. The maximum Gasteiger partial charge on any atom is 0.151 e. The Morgan fingerprint density at radius 2 is 2.46 bits per heavy atom. The van der Waals surface area contributed by atoms with Gasteiger partial charge in [-0.2, -0.15) is 11.8 Å². The van der Waals surface area contributed by atoms with Crippen molar-refractivity contribution in [2.24, 2.45) is 5.92 Å². The van der Waals surface area contributed by atoms with Crippen molar-refractivity contribution in [3.05, 3.63) is 0 Å². The summed E-state index contributed by atoms with van der Waals surface area (Å²) in [7, 11) is 0. The second-order valence-electron chi connectivity index (χ2n) is 3.65. The average molecular weight is 202 g/mol. The average Bonchev–Trinajstić information content (AvgIpc) is 2.19. The zero-order valence-corrected chi connectivity index (χ0v) is 9.23. The Balaban J connectivity index is 2.56. The van der Waals surface area contributed by atoms with Crippen LogP contribution in [-0.4, -0.2) is 30.0 Å². The summed E-state index contributed by atoms with van der Waals surface area (Å²) in [5.41, 5.74) is -0.540. The number of carbonyl (C=O) groups excluding carboxylic acids is 1. The molecule has 0 radical (unpaired) electrons. The maximum absolute atomic E-state index is 11.0. The van der Waals surface area contributed by atoms with Crippen LogP contribution >= 0.6 is 11.8 Å². The first kappa shape index (κ1) is 11.1. The Kier molecular flexibility index (Phi) is 4.26. The van der Waals surface area contributed by atoms with Crippen LogP contribution in [0.1, 0.15) is 26.7 Å². The fourth-order valence-corrected chi connectivity index (χ4v) is 3.07. The molecule has 13 heavy (non-hydrogen) atoms. The Labute approximate surface area is 84.4 Å². The first-order chi connectivity index (χ1) is 6.23. The minimum atomic E-state index is -0.540. The summed E-state index contributed by atoms with van der Waals surface area (Å²) in [5, 5.41) is 0. The second-order valence-corrected chi connectivity index (χ2v) is 4.80. The van der Waals surface area contributed by atoms with Crippen molar-refractivity contribution in [1.29, 1.82) is 0 Å². The van der Waals surface area contributed by atoms with Gasteiger partial charge in [0.15, 0.2) is 6.29 Å². The third-order valence-electron chi connectivity index (χ3n) is 2.66. The minimum Gasteiger partial charge on any atom is -0.368 e. The third-order valence-corrected chi connectivity index (χ3v) is 3.88. The van der Waals surface area contributed by atoms with Crippen molar-refractivity contribution in [3.63, 3.8) is 0 Å². The number of rotatable bonds is 4. The lowest BCUT2D eigenvalue weighted by atomic mass is 9.88. The summed E-state index contributed by atoms with van der Waals surface area (Å²) in [6, 6.07) is 0. The van der Waals surface area contributed by atoms with Crippen molar-refractivity contribution < 1.29 is 9.53 Å². The number of hydrogen-bond acceptors (Lipinski definition) is 3. The molecule has 1 rings (SSSR count). The summed E-state index contributed by atoms with van der Waals surface area (Å²) in [5.74, 6) is 2.70. The predicted molar refractivity (Wildman–Crippen MR) is 56.1 cm³/mol. The van der Waals surface area contributed by atoms with Crippen LogP contribution in [0.25, 0.3) is 0 Å². The van der Waals surface area contributed by atoms with E-state index in [1.165, 1.54) is 12.2 Å². The van der Waals surface area contributed by atoms with Crippen molar-refractivity contribution in [3.8, 4) is 0 Å². The number of thioether (sulfide) groups is 1. The van der Waals surface area contributed by atoms with Crippen LogP contribution < -0.4 is 0 Å². The lowest BCUT2D eigenvalue weighted by molar-refractivity contribution is -0.135.